The summed E-state index contributed by atoms with van der Waals surface area (Å²) in [6.07, 6.45) is 0. The lowest BCUT2D eigenvalue weighted by atomic mass is 10.0. The Kier molecular flexibility index (Phi) is 6.21. The SMILES string of the molecule is Cc1ccc(NC(=O)[C@@H](NS(=O)(=O)c2ccc(Cl)cc2)C(C)C)cc1. The minimum Gasteiger partial charge on any atom is -0.325 e. The quantitative estimate of drug-likeness (QED) is 0.804. The number of carbonyl (C=O) groups is 1. The molecule has 0 fully saturated rings. The molecule has 0 aliphatic carbocycles. The molecule has 0 radical (unpaired) electrons. The van der Waals surface area contributed by atoms with Gasteiger partial charge in [0.05, 0.1) is 4.90 Å². The third-order valence-electron chi connectivity index (χ3n) is 3.67. The lowest BCUT2D eigenvalue weighted by Gasteiger charge is -2.21. The lowest BCUT2D eigenvalue weighted by molar-refractivity contribution is -0.118. The maximum absolute atomic E-state index is 12.5. The Morgan fingerprint density at radius 2 is 1.56 bits per heavy atom. The fourth-order valence-corrected chi connectivity index (χ4v) is 3.67. The first-order valence-corrected chi connectivity index (χ1v) is 9.70. The molecular weight excluding hydrogens is 360 g/mol. The van der Waals surface area contributed by atoms with E-state index < -0.39 is 22.0 Å². The number of anilines is 1. The average Bonchev–Trinajstić information content (AvgIpc) is 2.55. The molecule has 0 unspecified atom stereocenters. The maximum Gasteiger partial charge on any atom is 0.242 e. The Morgan fingerprint density at radius 1 is 1.00 bits per heavy atom. The number of hydrogen-bond donors (Lipinski definition) is 2. The molecule has 2 aromatic rings. The molecule has 1 atom stereocenters. The molecule has 0 bridgehead atoms. The van der Waals surface area contributed by atoms with E-state index in [9.17, 15) is 13.2 Å². The number of hydrogen-bond acceptors (Lipinski definition) is 3. The first-order valence-electron chi connectivity index (χ1n) is 7.84. The molecule has 1 amide bonds. The Bertz CT molecular complexity index is 832. The van der Waals surface area contributed by atoms with E-state index in [4.69, 9.17) is 11.6 Å². The van der Waals surface area contributed by atoms with Crippen molar-refractivity contribution < 1.29 is 13.2 Å². The molecule has 0 aliphatic heterocycles. The molecular formula is C18H21ClN2O3S. The minimum atomic E-state index is -3.83. The molecule has 2 N–H and O–H groups in total. The highest BCUT2D eigenvalue weighted by atomic mass is 35.5. The van der Waals surface area contributed by atoms with Crippen LogP contribution in [0.15, 0.2) is 53.4 Å². The molecule has 0 heterocycles. The van der Waals surface area contributed by atoms with Crippen LogP contribution in [0, 0.1) is 12.8 Å². The van der Waals surface area contributed by atoms with E-state index in [0.29, 0.717) is 10.7 Å². The molecule has 5 nitrogen and oxygen atoms in total. The van der Waals surface area contributed by atoms with Crippen molar-refractivity contribution in [1.82, 2.24) is 4.72 Å². The van der Waals surface area contributed by atoms with E-state index in [-0.39, 0.29) is 10.8 Å². The van der Waals surface area contributed by atoms with Gasteiger partial charge in [0.15, 0.2) is 0 Å². The van der Waals surface area contributed by atoms with Crippen molar-refractivity contribution in [2.75, 3.05) is 5.32 Å². The predicted molar refractivity (Wildman–Crippen MR) is 100 cm³/mol. The summed E-state index contributed by atoms with van der Waals surface area (Å²) in [5.74, 6) is -0.635. The zero-order chi connectivity index (χ0) is 18.6. The summed E-state index contributed by atoms with van der Waals surface area (Å²) < 4.78 is 27.5. The van der Waals surface area contributed by atoms with Gasteiger partial charge in [0.1, 0.15) is 6.04 Å². The first-order chi connectivity index (χ1) is 11.7. The normalized spacial score (nSPS) is 12.8. The van der Waals surface area contributed by atoms with Gasteiger partial charge < -0.3 is 5.32 Å². The van der Waals surface area contributed by atoms with Gasteiger partial charge in [0.2, 0.25) is 15.9 Å². The van der Waals surface area contributed by atoms with Crippen LogP contribution in [0.2, 0.25) is 5.02 Å². The highest BCUT2D eigenvalue weighted by Crippen LogP contribution is 2.17. The smallest absolute Gasteiger partial charge is 0.242 e. The minimum absolute atomic E-state index is 0.0608. The van der Waals surface area contributed by atoms with E-state index in [1.165, 1.54) is 24.3 Å². The van der Waals surface area contributed by atoms with Gasteiger partial charge in [-0.25, -0.2) is 8.42 Å². The van der Waals surface area contributed by atoms with Gasteiger partial charge in [-0.15, -0.1) is 0 Å². The van der Waals surface area contributed by atoms with Crippen LogP contribution in [0.3, 0.4) is 0 Å². The van der Waals surface area contributed by atoms with Crippen molar-refractivity contribution in [3.8, 4) is 0 Å². The molecule has 0 saturated heterocycles. The largest absolute Gasteiger partial charge is 0.325 e. The van der Waals surface area contributed by atoms with Crippen molar-refractivity contribution in [1.29, 1.82) is 0 Å². The van der Waals surface area contributed by atoms with Crippen LogP contribution in [0.1, 0.15) is 19.4 Å². The van der Waals surface area contributed by atoms with Crippen molar-refractivity contribution in [3.05, 3.63) is 59.1 Å². The van der Waals surface area contributed by atoms with Crippen molar-refractivity contribution in [2.24, 2.45) is 5.92 Å². The Hall–Kier alpha value is -1.89. The number of benzene rings is 2. The Labute approximate surface area is 153 Å². The molecule has 134 valence electrons. The maximum atomic E-state index is 12.5. The second-order valence-electron chi connectivity index (χ2n) is 6.15. The summed E-state index contributed by atoms with van der Waals surface area (Å²) in [7, 11) is -3.83. The Balaban J connectivity index is 2.18. The standard InChI is InChI=1S/C18H21ClN2O3S/c1-12(2)17(18(22)20-15-8-4-13(3)5-9-15)21-25(23,24)16-10-6-14(19)7-11-16/h4-12,17,21H,1-3H3,(H,20,22)/t17-/m0/s1. The van der Waals surface area contributed by atoms with Crippen LogP contribution in [0.25, 0.3) is 0 Å². The highest BCUT2D eigenvalue weighted by Gasteiger charge is 2.28. The van der Waals surface area contributed by atoms with E-state index in [1.54, 1.807) is 26.0 Å². The molecule has 25 heavy (non-hydrogen) atoms. The molecule has 0 aromatic heterocycles. The van der Waals surface area contributed by atoms with E-state index >= 15 is 0 Å². The molecule has 7 heteroatoms. The van der Waals surface area contributed by atoms with Gasteiger partial charge in [-0.3, -0.25) is 4.79 Å². The lowest BCUT2D eigenvalue weighted by Crippen LogP contribution is -2.47. The average molecular weight is 381 g/mol. The molecule has 0 saturated carbocycles. The van der Waals surface area contributed by atoms with E-state index in [2.05, 4.69) is 10.0 Å². The second kappa shape index (κ2) is 7.99. The van der Waals surface area contributed by atoms with Gasteiger partial charge in [0, 0.05) is 10.7 Å². The zero-order valence-electron chi connectivity index (χ0n) is 14.3. The van der Waals surface area contributed by atoms with Crippen LogP contribution in [-0.4, -0.2) is 20.4 Å². The number of amides is 1. The summed E-state index contributed by atoms with van der Waals surface area (Å²) in [5, 5.41) is 3.19. The van der Waals surface area contributed by atoms with Crippen LogP contribution >= 0.6 is 11.6 Å². The van der Waals surface area contributed by atoms with Crippen LogP contribution in [0.4, 0.5) is 5.69 Å². The van der Waals surface area contributed by atoms with E-state index in [0.717, 1.165) is 5.56 Å². The van der Waals surface area contributed by atoms with Crippen molar-refractivity contribution in [3.63, 3.8) is 0 Å². The molecule has 2 aromatic carbocycles. The van der Waals surface area contributed by atoms with Crippen molar-refractivity contribution in [2.45, 2.75) is 31.7 Å². The number of carbonyl (C=O) groups excluding carboxylic acids is 1. The summed E-state index contributed by atoms with van der Waals surface area (Å²) in [5.41, 5.74) is 1.69. The number of rotatable bonds is 6. The summed E-state index contributed by atoms with van der Waals surface area (Å²) in [4.78, 5) is 12.6. The summed E-state index contributed by atoms with van der Waals surface area (Å²) in [6, 6.07) is 12.2. The summed E-state index contributed by atoms with van der Waals surface area (Å²) >= 11 is 5.79. The third kappa shape index (κ3) is 5.29. The van der Waals surface area contributed by atoms with Gasteiger partial charge >= 0.3 is 0 Å². The predicted octanol–water partition coefficient (Wildman–Crippen LogP) is 3.59. The van der Waals surface area contributed by atoms with Gasteiger partial charge in [-0.1, -0.05) is 43.1 Å². The van der Waals surface area contributed by atoms with Gasteiger partial charge in [-0.05, 0) is 49.2 Å². The molecule has 0 aliphatic rings. The zero-order valence-corrected chi connectivity index (χ0v) is 15.9. The second-order valence-corrected chi connectivity index (χ2v) is 8.30. The number of sulfonamides is 1. The molecule has 2 rings (SSSR count). The Morgan fingerprint density at radius 3 is 2.08 bits per heavy atom. The van der Waals surface area contributed by atoms with Crippen LogP contribution in [0.5, 0.6) is 0 Å². The number of nitrogens with one attached hydrogen (secondary N) is 2. The third-order valence-corrected chi connectivity index (χ3v) is 5.38. The number of halogens is 1. The van der Waals surface area contributed by atoms with Crippen LogP contribution in [-0.2, 0) is 14.8 Å². The van der Waals surface area contributed by atoms with E-state index in [1.807, 2.05) is 19.1 Å². The topological polar surface area (TPSA) is 75.3 Å². The monoisotopic (exact) mass is 380 g/mol. The van der Waals surface area contributed by atoms with Crippen molar-refractivity contribution >= 4 is 33.2 Å². The van der Waals surface area contributed by atoms with Gasteiger partial charge in [-0.2, -0.15) is 4.72 Å². The highest BCUT2D eigenvalue weighted by molar-refractivity contribution is 7.89. The number of aryl methyl sites for hydroxylation is 1. The van der Waals surface area contributed by atoms with Crippen LogP contribution < -0.4 is 10.0 Å². The fraction of sp³-hybridized carbons (Fsp3) is 0.278. The first kappa shape index (κ1) is 19.4. The molecule has 0 spiro atoms. The fourth-order valence-electron chi connectivity index (χ4n) is 2.20. The summed E-state index contributed by atoms with van der Waals surface area (Å²) in [6.45, 7) is 5.51. The van der Waals surface area contributed by atoms with Gasteiger partial charge in [0.25, 0.3) is 0 Å².